The summed E-state index contributed by atoms with van der Waals surface area (Å²) in [7, 11) is 2.64. The summed E-state index contributed by atoms with van der Waals surface area (Å²) < 4.78 is 26.8. The van der Waals surface area contributed by atoms with E-state index >= 15 is 0 Å². The number of benzene rings is 1. The number of aldehydes is 1. The van der Waals surface area contributed by atoms with Crippen molar-refractivity contribution >= 4 is 26.0 Å². The van der Waals surface area contributed by atoms with Gasteiger partial charge in [0.25, 0.3) is 9.05 Å². The fourth-order valence-electron chi connectivity index (χ4n) is 0.968. The SMILES string of the molecule is COc1ccc(S(=O)(=O)Cl)c(C=O)c1. The summed E-state index contributed by atoms with van der Waals surface area (Å²) in [6.45, 7) is 0. The zero-order chi connectivity index (χ0) is 10.8. The zero-order valence-electron chi connectivity index (χ0n) is 7.23. The predicted molar refractivity (Wildman–Crippen MR) is 51.4 cm³/mol. The van der Waals surface area contributed by atoms with Gasteiger partial charge in [-0.25, -0.2) is 8.42 Å². The molecule has 0 aliphatic rings. The van der Waals surface area contributed by atoms with Gasteiger partial charge in [-0.1, -0.05) is 0 Å². The predicted octanol–water partition coefficient (Wildman–Crippen LogP) is 1.44. The summed E-state index contributed by atoms with van der Waals surface area (Å²) in [5.41, 5.74) is -0.0145. The van der Waals surface area contributed by atoms with Crippen LogP contribution in [0.4, 0.5) is 0 Å². The van der Waals surface area contributed by atoms with E-state index in [4.69, 9.17) is 15.4 Å². The molecular weight excluding hydrogens is 228 g/mol. The normalized spacial score (nSPS) is 11.0. The monoisotopic (exact) mass is 234 g/mol. The minimum Gasteiger partial charge on any atom is -0.497 e. The Hall–Kier alpha value is -1.07. The van der Waals surface area contributed by atoms with Gasteiger partial charge in [-0.15, -0.1) is 0 Å². The molecule has 1 aromatic rings. The number of carbonyl (C=O) groups excluding carboxylic acids is 1. The van der Waals surface area contributed by atoms with Crippen molar-refractivity contribution in [1.29, 1.82) is 0 Å². The van der Waals surface area contributed by atoms with Crippen LogP contribution in [0, 0.1) is 0 Å². The first-order valence-corrected chi connectivity index (χ1v) is 5.88. The zero-order valence-corrected chi connectivity index (χ0v) is 8.80. The van der Waals surface area contributed by atoms with Crippen molar-refractivity contribution in [2.45, 2.75) is 4.90 Å². The van der Waals surface area contributed by atoms with Crippen molar-refractivity contribution < 1.29 is 17.9 Å². The minimum absolute atomic E-state index is 0.0145. The van der Waals surface area contributed by atoms with Crippen LogP contribution in [0.2, 0.25) is 0 Å². The Morgan fingerprint density at radius 1 is 1.43 bits per heavy atom. The van der Waals surface area contributed by atoms with Crippen molar-refractivity contribution in [2.75, 3.05) is 7.11 Å². The lowest BCUT2D eigenvalue weighted by molar-refractivity contribution is 0.112. The van der Waals surface area contributed by atoms with E-state index in [1.165, 1.54) is 25.3 Å². The fourth-order valence-corrected chi connectivity index (χ4v) is 2.01. The lowest BCUT2D eigenvalue weighted by Crippen LogP contribution is -1.97. The van der Waals surface area contributed by atoms with Crippen LogP contribution >= 0.6 is 10.7 Å². The highest BCUT2D eigenvalue weighted by Crippen LogP contribution is 2.23. The number of ether oxygens (including phenoxy) is 1. The molecule has 0 saturated heterocycles. The van der Waals surface area contributed by atoms with Crippen LogP contribution in [0.3, 0.4) is 0 Å². The molecule has 76 valence electrons. The van der Waals surface area contributed by atoms with Crippen molar-refractivity contribution in [3.8, 4) is 5.75 Å². The Bertz CT molecular complexity index is 452. The number of methoxy groups -OCH3 is 1. The fraction of sp³-hybridized carbons (Fsp3) is 0.125. The molecule has 0 fully saturated rings. The molecule has 0 spiro atoms. The molecule has 0 N–H and O–H groups in total. The van der Waals surface area contributed by atoms with E-state index in [1.807, 2.05) is 0 Å². The van der Waals surface area contributed by atoms with Crippen molar-refractivity contribution in [2.24, 2.45) is 0 Å². The average molecular weight is 235 g/mol. The van der Waals surface area contributed by atoms with Crippen LogP contribution in [-0.2, 0) is 9.05 Å². The molecule has 0 atom stereocenters. The molecule has 0 heterocycles. The minimum atomic E-state index is -3.89. The molecule has 1 rings (SSSR count). The maximum atomic E-state index is 11.0. The quantitative estimate of drug-likeness (QED) is 0.587. The van der Waals surface area contributed by atoms with E-state index in [-0.39, 0.29) is 10.5 Å². The van der Waals surface area contributed by atoms with E-state index in [9.17, 15) is 13.2 Å². The van der Waals surface area contributed by atoms with Crippen LogP contribution in [0.15, 0.2) is 23.1 Å². The second-order valence-corrected chi connectivity index (χ2v) is 4.99. The number of carbonyl (C=O) groups is 1. The second-order valence-electron chi connectivity index (χ2n) is 2.46. The highest BCUT2D eigenvalue weighted by atomic mass is 35.7. The van der Waals surface area contributed by atoms with Gasteiger partial charge < -0.3 is 4.74 Å². The van der Waals surface area contributed by atoms with Gasteiger partial charge in [-0.05, 0) is 18.2 Å². The summed E-state index contributed by atoms with van der Waals surface area (Å²) >= 11 is 0. The Labute approximate surface area is 85.9 Å². The molecule has 0 saturated carbocycles. The third-order valence-corrected chi connectivity index (χ3v) is 3.00. The van der Waals surface area contributed by atoms with Gasteiger partial charge in [0.1, 0.15) is 5.75 Å². The topological polar surface area (TPSA) is 60.4 Å². The van der Waals surface area contributed by atoms with Crippen molar-refractivity contribution in [3.05, 3.63) is 23.8 Å². The molecule has 0 aliphatic carbocycles. The van der Waals surface area contributed by atoms with Gasteiger partial charge in [0, 0.05) is 16.2 Å². The number of halogens is 1. The maximum Gasteiger partial charge on any atom is 0.262 e. The van der Waals surface area contributed by atoms with E-state index in [1.54, 1.807) is 0 Å². The summed E-state index contributed by atoms with van der Waals surface area (Å²) in [5, 5.41) is 0. The molecule has 6 heteroatoms. The summed E-state index contributed by atoms with van der Waals surface area (Å²) in [6, 6.07) is 3.95. The van der Waals surface area contributed by atoms with E-state index in [2.05, 4.69) is 0 Å². The summed E-state index contributed by atoms with van der Waals surface area (Å²) in [5.74, 6) is 0.399. The standard InChI is InChI=1S/C8H7ClO4S/c1-13-7-2-3-8(14(9,11)12)6(4-7)5-10/h2-5H,1H3. The number of hydrogen-bond acceptors (Lipinski definition) is 4. The Balaban J connectivity index is 3.40. The lowest BCUT2D eigenvalue weighted by Gasteiger charge is -2.03. The number of rotatable bonds is 3. The van der Waals surface area contributed by atoms with Gasteiger partial charge in [0.15, 0.2) is 6.29 Å². The molecule has 0 amide bonds. The third kappa shape index (κ3) is 2.24. The molecular formula is C8H7ClO4S. The van der Waals surface area contributed by atoms with Gasteiger partial charge >= 0.3 is 0 Å². The van der Waals surface area contributed by atoms with Crippen LogP contribution in [0.25, 0.3) is 0 Å². The van der Waals surface area contributed by atoms with Crippen molar-refractivity contribution in [3.63, 3.8) is 0 Å². The summed E-state index contributed by atoms with van der Waals surface area (Å²) in [6.07, 6.45) is 0.414. The van der Waals surface area contributed by atoms with Gasteiger partial charge in [-0.2, -0.15) is 0 Å². The second kappa shape index (κ2) is 3.98. The Morgan fingerprint density at radius 3 is 2.50 bits per heavy atom. The third-order valence-electron chi connectivity index (χ3n) is 1.61. The van der Waals surface area contributed by atoms with Crippen LogP contribution in [0.5, 0.6) is 5.75 Å². The molecule has 0 radical (unpaired) electrons. The Morgan fingerprint density at radius 2 is 2.07 bits per heavy atom. The van der Waals surface area contributed by atoms with Gasteiger partial charge in [-0.3, -0.25) is 4.79 Å². The molecule has 0 unspecified atom stereocenters. The summed E-state index contributed by atoms with van der Waals surface area (Å²) in [4.78, 5) is 10.4. The Kier molecular flexibility index (Phi) is 3.13. The first kappa shape index (κ1) is 11.0. The average Bonchev–Trinajstić information content (AvgIpc) is 2.15. The van der Waals surface area contributed by atoms with E-state index in [0.717, 1.165) is 0 Å². The molecule has 0 aromatic heterocycles. The molecule has 1 aromatic carbocycles. The molecule has 4 nitrogen and oxygen atoms in total. The highest BCUT2D eigenvalue weighted by Gasteiger charge is 2.15. The maximum absolute atomic E-state index is 11.0. The van der Waals surface area contributed by atoms with E-state index < -0.39 is 9.05 Å². The van der Waals surface area contributed by atoms with Gasteiger partial charge in [0.2, 0.25) is 0 Å². The van der Waals surface area contributed by atoms with Crippen molar-refractivity contribution in [1.82, 2.24) is 0 Å². The van der Waals surface area contributed by atoms with Crippen LogP contribution < -0.4 is 4.74 Å². The lowest BCUT2D eigenvalue weighted by atomic mass is 10.2. The first-order chi connectivity index (χ1) is 6.49. The molecule has 14 heavy (non-hydrogen) atoms. The highest BCUT2D eigenvalue weighted by molar-refractivity contribution is 8.13. The number of hydrogen-bond donors (Lipinski definition) is 0. The van der Waals surface area contributed by atoms with Crippen LogP contribution in [-0.4, -0.2) is 21.8 Å². The van der Waals surface area contributed by atoms with Gasteiger partial charge in [0.05, 0.1) is 12.0 Å². The molecule has 0 bridgehead atoms. The first-order valence-electron chi connectivity index (χ1n) is 3.57. The van der Waals surface area contributed by atoms with Crippen LogP contribution in [0.1, 0.15) is 10.4 Å². The molecule has 0 aliphatic heterocycles. The largest absolute Gasteiger partial charge is 0.497 e. The smallest absolute Gasteiger partial charge is 0.262 e. The van der Waals surface area contributed by atoms with E-state index in [0.29, 0.717) is 12.0 Å².